The number of aromatic nitrogens is 2. The second kappa shape index (κ2) is 7.34. The minimum absolute atomic E-state index is 0.148. The van der Waals surface area contributed by atoms with Crippen molar-refractivity contribution in [3.63, 3.8) is 0 Å². The Morgan fingerprint density at radius 3 is 2.64 bits per heavy atom. The summed E-state index contributed by atoms with van der Waals surface area (Å²) >= 11 is 0. The minimum Gasteiger partial charge on any atom is -0.481 e. The molecule has 2 heterocycles. The van der Waals surface area contributed by atoms with E-state index < -0.39 is 22.1 Å². The summed E-state index contributed by atoms with van der Waals surface area (Å²) in [6, 6.07) is 7.48. The van der Waals surface area contributed by atoms with E-state index >= 15 is 0 Å². The highest BCUT2D eigenvalue weighted by molar-refractivity contribution is 7.87. The number of carboxylic acids is 1. The second-order valence-corrected chi connectivity index (χ2v) is 7.69. The highest BCUT2D eigenvalue weighted by atomic mass is 32.2. The van der Waals surface area contributed by atoms with Gasteiger partial charge < -0.3 is 9.67 Å². The molecule has 0 radical (unpaired) electrons. The van der Waals surface area contributed by atoms with Crippen molar-refractivity contribution in [2.45, 2.75) is 19.4 Å². The van der Waals surface area contributed by atoms with Crippen LogP contribution < -0.4 is 4.72 Å². The molecule has 3 rings (SSSR count). The van der Waals surface area contributed by atoms with Crippen LogP contribution in [0.2, 0.25) is 0 Å². The third kappa shape index (κ3) is 4.06. The first-order chi connectivity index (χ1) is 12.0. The molecule has 0 saturated carbocycles. The van der Waals surface area contributed by atoms with E-state index in [0.717, 1.165) is 11.3 Å². The van der Waals surface area contributed by atoms with Gasteiger partial charge in [0, 0.05) is 32.0 Å². The molecular weight excluding hydrogens is 344 g/mol. The molecule has 1 aromatic heterocycles. The maximum absolute atomic E-state index is 12.5. The molecule has 0 spiro atoms. The van der Waals surface area contributed by atoms with E-state index in [1.54, 1.807) is 18.7 Å². The van der Waals surface area contributed by atoms with Gasteiger partial charge in [-0.05, 0) is 24.5 Å². The average Bonchev–Trinajstić information content (AvgIpc) is 3.15. The maximum Gasteiger partial charge on any atom is 0.306 e. The lowest BCUT2D eigenvalue weighted by Crippen LogP contribution is -2.45. The van der Waals surface area contributed by atoms with Crippen LogP contribution in [0.15, 0.2) is 43.0 Å². The van der Waals surface area contributed by atoms with Crippen molar-refractivity contribution in [1.29, 1.82) is 0 Å². The number of hydrogen-bond donors (Lipinski definition) is 2. The number of para-hydroxylation sites is 1. The van der Waals surface area contributed by atoms with Crippen LogP contribution in [0, 0.1) is 5.92 Å². The summed E-state index contributed by atoms with van der Waals surface area (Å²) in [4.78, 5) is 15.0. The number of carboxylic acid groups (broad SMARTS) is 1. The monoisotopic (exact) mass is 364 g/mol. The summed E-state index contributed by atoms with van der Waals surface area (Å²) in [6.07, 6.45) is 5.78. The summed E-state index contributed by atoms with van der Waals surface area (Å²) in [5.41, 5.74) is 1.68. The van der Waals surface area contributed by atoms with Crippen LogP contribution in [0.3, 0.4) is 0 Å². The van der Waals surface area contributed by atoms with Crippen LogP contribution in [0.25, 0.3) is 5.69 Å². The molecule has 1 saturated heterocycles. The number of benzene rings is 1. The normalized spacial score (nSPS) is 16.8. The van der Waals surface area contributed by atoms with E-state index in [0.29, 0.717) is 12.8 Å². The molecule has 0 atom stereocenters. The first-order valence-corrected chi connectivity index (χ1v) is 9.45. The smallest absolute Gasteiger partial charge is 0.306 e. The fourth-order valence-electron chi connectivity index (χ4n) is 2.92. The number of hydrogen-bond acceptors (Lipinski definition) is 4. The molecule has 0 aliphatic carbocycles. The quantitative estimate of drug-likeness (QED) is 0.796. The molecule has 0 bridgehead atoms. The molecule has 134 valence electrons. The van der Waals surface area contributed by atoms with Crippen LogP contribution in [0.5, 0.6) is 0 Å². The molecule has 2 N–H and O–H groups in total. The third-order valence-electron chi connectivity index (χ3n) is 4.36. The summed E-state index contributed by atoms with van der Waals surface area (Å²) in [5.74, 6) is -1.33. The number of carbonyl (C=O) groups is 1. The zero-order chi connectivity index (χ0) is 17.9. The number of aliphatic carboxylic acids is 1. The zero-order valence-corrected chi connectivity index (χ0v) is 14.4. The number of nitrogens with zero attached hydrogens (tertiary/aromatic N) is 3. The lowest BCUT2D eigenvalue weighted by molar-refractivity contribution is -0.142. The van der Waals surface area contributed by atoms with Crippen LogP contribution in [0.4, 0.5) is 0 Å². The van der Waals surface area contributed by atoms with Crippen LogP contribution >= 0.6 is 0 Å². The Bertz CT molecular complexity index is 828. The Hall–Kier alpha value is -2.23. The summed E-state index contributed by atoms with van der Waals surface area (Å²) in [7, 11) is -3.65. The van der Waals surface area contributed by atoms with E-state index in [-0.39, 0.29) is 19.6 Å². The minimum atomic E-state index is -3.65. The van der Waals surface area contributed by atoms with Crippen LogP contribution in [0.1, 0.15) is 18.4 Å². The van der Waals surface area contributed by atoms with E-state index in [4.69, 9.17) is 5.11 Å². The van der Waals surface area contributed by atoms with Gasteiger partial charge in [0.25, 0.3) is 10.2 Å². The molecule has 2 aromatic rings. The van der Waals surface area contributed by atoms with Crippen molar-refractivity contribution in [2.24, 2.45) is 5.92 Å². The molecule has 8 nitrogen and oxygen atoms in total. The average molecular weight is 364 g/mol. The van der Waals surface area contributed by atoms with Crippen molar-refractivity contribution < 1.29 is 18.3 Å². The SMILES string of the molecule is O=C(O)C1CCN(S(=O)(=O)NCc2ccccc2-n2ccnc2)CC1. The van der Waals surface area contributed by atoms with Crippen molar-refractivity contribution in [2.75, 3.05) is 13.1 Å². The number of nitrogens with one attached hydrogen (secondary N) is 1. The molecule has 0 amide bonds. The third-order valence-corrected chi connectivity index (χ3v) is 5.92. The summed E-state index contributed by atoms with van der Waals surface area (Å²) < 4.78 is 30.7. The van der Waals surface area contributed by atoms with Gasteiger partial charge in [-0.1, -0.05) is 18.2 Å². The Morgan fingerprint density at radius 1 is 1.28 bits per heavy atom. The fraction of sp³-hybridized carbons (Fsp3) is 0.375. The highest BCUT2D eigenvalue weighted by Gasteiger charge is 2.30. The Kier molecular flexibility index (Phi) is 5.16. The highest BCUT2D eigenvalue weighted by Crippen LogP contribution is 2.20. The lowest BCUT2D eigenvalue weighted by atomic mass is 9.99. The predicted molar refractivity (Wildman–Crippen MR) is 91.3 cm³/mol. The first-order valence-electron chi connectivity index (χ1n) is 8.01. The van der Waals surface area contributed by atoms with Gasteiger partial charge in [-0.3, -0.25) is 4.79 Å². The van der Waals surface area contributed by atoms with E-state index in [1.807, 2.05) is 28.8 Å². The van der Waals surface area contributed by atoms with Gasteiger partial charge in [-0.25, -0.2) is 4.98 Å². The van der Waals surface area contributed by atoms with Gasteiger partial charge in [0.15, 0.2) is 0 Å². The predicted octanol–water partition coefficient (Wildman–Crippen LogP) is 1.00. The van der Waals surface area contributed by atoms with Crippen molar-refractivity contribution in [3.8, 4) is 5.69 Å². The lowest BCUT2D eigenvalue weighted by Gasteiger charge is -2.29. The number of imidazole rings is 1. The Labute approximate surface area is 146 Å². The molecule has 1 aliphatic heterocycles. The molecule has 1 aromatic carbocycles. The molecular formula is C16H20N4O4S. The Balaban J connectivity index is 1.67. The summed E-state index contributed by atoms with van der Waals surface area (Å²) in [6.45, 7) is 0.584. The molecule has 25 heavy (non-hydrogen) atoms. The molecule has 1 aliphatic rings. The largest absolute Gasteiger partial charge is 0.481 e. The van der Waals surface area contributed by atoms with E-state index in [2.05, 4.69) is 9.71 Å². The Morgan fingerprint density at radius 2 is 2.00 bits per heavy atom. The van der Waals surface area contributed by atoms with Gasteiger partial charge in [0.1, 0.15) is 0 Å². The maximum atomic E-state index is 12.5. The van der Waals surface area contributed by atoms with Gasteiger partial charge in [0.2, 0.25) is 0 Å². The second-order valence-electron chi connectivity index (χ2n) is 5.94. The van der Waals surface area contributed by atoms with Crippen LogP contribution in [-0.2, 0) is 21.5 Å². The molecule has 1 fully saturated rings. The van der Waals surface area contributed by atoms with Gasteiger partial charge in [0.05, 0.1) is 17.9 Å². The number of piperidine rings is 1. The molecule has 0 unspecified atom stereocenters. The standard InChI is InChI=1S/C16H20N4O4S/c21-16(22)13-5-8-20(9-6-13)25(23,24)18-11-14-3-1-2-4-15(14)19-10-7-17-12-19/h1-4,7,10,12-13,18H,5-6,8-9,11H2,(H,21,22). The van der Waals surface area contributed by atoms with E-state index in [9.17, 15) is 13.2 Å². The number of rotatable bonds is 6. The molecule has 9 heteroatoms. The topological polar surface area (TPSA) is 105 Å². The van der Waals surface area contributed by atoms with Crippen molar-refractivity contribution in [1.82, 2.24) is 18.6 Å². The zero-order valence-electron chi connectivity index (χ0n) is 13.6. The van der Waals surface area contributed by atoms with Crippen LogP contribution in [-0.4, -0.2) is 46.4 Å². The summed E-state index contributed by atoms with van der Waals surface area (Å²) in [5, 5.41) is 9.01. The van der Waals surface area contributed by atoms with Gasteiger partial charge in [-0.2, -0.15) is 17.4 Å². The van der Waals surface area contributed by atoms with Crippen molar-refractivity contribution in [3.05, 3.63) is 48.5 Å². The van der Waals surface area contributed by atoms with Crippen molar-refractivity contribution >= 4 is 16.2 Å². The first kappa shape index (κ1) is 17.6. The van der Waals surface area contributed by atoms with E-state index in [1.165, 1.54) is 4.31 Å². The van der Waals surface area contributed by atoms with Gasteiger partial charge >= 0.3 is 5.97 Å². The fourth-order valence-corrected chi connectivity index (χ4v) is 4.13. The van der Waals surface area contributed by atoms with Gasteiger partial charge in [-0.15, -0.1) is 0 Å².